The van der Waals surface area contributed by atoms with Gasteiger partial charge in [0.05, 0.1) is 30.1 Å². The number of anilines is 1. The first-order chi connectivity index (χ1) is 25.5. The van der Waals surface area contributed by atoms with Crippen molar-refractivity contribution in [2.75, 3.05) is 57.3 Å². The molecular formula is C40H49ClFN3O7S. The number of fused-ring (bicyclic) bond motifs is 6. The lowest BCUT2D eigenvalue weighted by molar-refractivity contribution is -0.128. The molecule has 2 bridgehead atoms. The van der Waals surface area contributed by atoms with E-state index in [2.05, 4.69) is 32.2 Å². The number of benzene rings is 2. The van der Waals surface area contributed by atoms with Crippen LogP contribution in [0, 0.1) is 29.5 Å². The minimum Gasteiger partial charge on any atom is -0.490 e. The van der Waals surface area contributed by atoms with Crippen molar-refractivity contribution in [2.24, 2.45) is 28.0 Å². The van der Waals surface area contributed by atoms with Gasteiger partial charge in [-0.05, 0) is 110 Å². The number of nitrogens with zero attached hydrogens (tertiary/aromatic N) is 2. The number of carbonyl (C=O) groups is 2. The van der Waals surface area contributed by atoms with Crippen LogP contribution in [0.1, 0.15) is 79.3 Å². The van der Waals surface area contributed by atoms with Gasteiger partial charge in [0.15, 0.2) is 5.82 Å². The number of carbonyl (C=O) groups excluding carboxylic acids is 2. The molecule has 13 heteroatoms. The Labute approximate surface area is 316 Å². The molecule has 2 amide bonds. The second-order valence-corrected chi connectivity index (χ2v) is 18.5. The topological polar surface area (TPSA) is 116 Å². The quantitative estimate of drug-likeness (QED) is 0.339. The van der Waals surface area contributed by atoms with E-state index in [9.17, 15) is 13.8 Å². The van der Waals surface area contributed by atoms with E-state index in [1.165, 1.54) is 17.2 Å². The van der Waals surface area contributed by atoms with Crippen molar-refractivity contribution >= 4 is 39.0 Å². The minimum absolute atomic E-state index is 0.105. The molecule has 286 valence electrons. The Morgan fingerprint density at radius 1 is 1.17 bits per heavy atom. The van der Waals surface area contributed by atoms with Crippen molar-refractivity contribution in [1.82, 2.24) is 4.72 Å². The van der Waals surface area contributed by atoms with Crippen LogP contribution in [0.2, 0.25) is 5.02 Å². The third kappa shape index (κ3) is 7.51. The molecule has 2 aromatic rings. The van der Waals surface area contributed by atoms with Crippen LogP contribution in [-0.2, 0) is 34.3 Å². The Balaban J connectivity index is 1.17. The zero-order valence-corrected chi connectivity index (χ0v) is 32.0. The van der Waals surface area contributed by atoms with Gasteiger partial charge in [0.1, 0.15) is 28.0 Å². The van der Waals surface area contributed by atoms with Crippen molar-refractivity contribution < 1.29 is 37.1 Å². The van der Waals surface area contributed by atoms with Gasteiger partial charge in [0.25, 0.3) is 11.8 Å². The molecule has 0 radical (unpaired) electrons. The maximum atomic E-state index is 17.2. The number of hydrogen-bond donors (Lipinski definition) is 1. The van der Waals surface area contributed by atoms with Gasteiger partial charge in [-0.15, -0.1) is 4.36 Å². The van der Waals surface area contributed by atoms with E-state index in [0.717, 1.165) is 25.7 Å². The predicted molar refractivity (Wildman–Crippen MR) is 200 cm³/mol. The summed E-state index contributed by atoms with van der Waals surface area (Å²) in [6.07, 6.45) is 9.59. The SMILES string of the molecule is CO[C@H]1/C=C/C[C@H](C)CS(=O)(NC(=O)COC2CCOCC2)=NC(=O)c2ccc3c(c2F)N(C[C@@H]2CC[C@H]21)C[C@]1(CO3)C[C@@H]2CC2c2cc(Cl)ccc21. The first-order valence-corrected chi connectivity index (χ1v) is 21.1. The van der Waals surface area contributed by atoms with Crippen LogP contribution in [0.25, 0.3) is 0 Å². The monoisotopic (exact) mass is 769 g/mol. The van der Waals surface area contributed by atoms with Crippen molar-refractivity contribution in [3.8, 4) is 5.75 Å². The van der Waals surface area contributed by atoms with Crippen LogP contribution < -0.4 is 14.4 Å². The van der Waals surface area contributed by atoms with E-state index in [1.54, 1.807) is 13.2 Å². The summed E-state index contributed by atoms with van der Waals surface area (Å²) < 4.78 is 61.9. The number of methoxy groups -OCH3 is 1. The summed E-state index contributed by atoms with van der Waals surface area (Å²) in [7, 11) is -1.96. The maximum Gasteiger partial charge on any atom is 0.289 e. The van der Waals surface area contributed by atoms with Gasteiger partial charge in [-0.2, -0.15) is 0 Å². The molecule has 8 atom stereocenters. The molecule has 0 aromatic heterocycles. The highest BCUT2D eigenvalue weighted by molar-refractivity contribution is 7.92. The molecule has 3 fully saturated rings. The Morgan fingerprint density at radius 2 is 2.00 bits per heavy atom. The van der Waals surface area contributed by atoms with Gasteiger partial charge in [0.2, 0.25) is 0 Å². The average Bonchev–Trinajstić information content (AvgIpc) is 3.92. The van der Waals surface area contributed by atoms with Crippen molar-refractivity contribution in [2.45, 2.75) is 75.4 Å². The van der Waals surface area contributed by atoms with E-state index in [4.69, 9.17) is 30.5 Å². The lowest BCUT2D eigenvalue weighted by Gasteiger charge is -2.46. The number of allylic oxidation sites excluding steroid dienone is 1. The number of halogens is 2. The summed E-state index contributed by atoms with van der Waals surface area (Å²) in [5, 5.41) is 0.706. The van der Waals surface area contributed by atoms with Crippen LogP contribution in [0.15, 0.2) is 46.8 Å². The first-order valence-electron chi connectivity index (χ1n) is 19.0. The highest BCUT2D eigenvalue weighted by atomic mass is 35.5. The number of amides is 2. The average molecular weight is 770 g/mol. The lowest BCUT2D eigenvalue weighted by atomic mass is 9.68. The summed E-state index contributed by atoms with van der Waals surface area (Å²) in [6.45, 7) is 4.05. The first kappa shape index (κ1) is 36.9. The normalized spacial score (nSPS) is 34.6. The number of nitrogens with one attached hydrogen (secondary N) is 1. The highest BCUT2D eigenvalue weighted by Gasteiger charge is 2.54. The Hall–Kier alpha value is -3.03. The van der Waals surface area contributed by atoms with Gasteiger partial charge in [-0.3, -0.25) is 14.3 Å². The molecule has 1 N–H and O–H groups in total. The zero-order valence-electron chi connectivity index (χ0n) is 30.4. The van der Waals surface area contributed by atoms with Crippen LogP contribution in [0.5, 0.6) is 5.75 Å². The van der Waals surface area contributed by atoms with Crippen LogP contribution in [-0.4, -0.2) is 80.6 Å². The van der Waals surface area contributed by atoms with Gasteiger partial charge < -0.3 is 23.8 Å². The smallest absolute Gasteiger partial charge is 0.289 e. The van der Waals surface area contributed by atoms with Crippen molar-refractivity contribution in [3.05, 3.63) is 70.0 Å². The second kappa shape index (κ2) is 14.9. The van der Waals surface area contributed by atoms with Gasteiger partial charge >= 0.3 is 0 Å². The summed E-state index contributed by atoms with van der Waals surface area (Å²) >= 11 is 6.51. The predicted octanol–water partition coefficient (Wildman–Crippen LogP) is 6.60. The molecule has 3 aliphatic carbocycles. The van der Waals surface area contributed by atoms with Crippen molar-refractivity contribution in [3.63, 3.8) is 0 Å². The number of hydrogen-bond acceptors (Lipinski definition) is 8. The summed E-state index contributed by atoms with van der Waals surface area (Å²) in [6, 6.07) is 9.12. The number of ether oxygens (including phenoxy) is 4. The molecule has 3 heterocycles. The molecule has 2 aromatic carbocycles. The third-order valence-electron chi connectivity index (χ3n) is 12.3. The Morgan fingerprint density at radius 3 is 2.77 bits per heavy atom. The molecule has 8 rings (SSSR count). The van der Waals surface area contributed by atoms with E-state index in [-0.39, 0.29) is 53.6 Å². The molecule has 2 saturated carbocycles. The zero-order chi connectivity index (χ0) is 36.9. The molecule has 53 heavy (non-hydrogen) atoms. The van der Waals surface area contributed by atoms with Crippen LogP contribution in [0.3, 0.4) is 0 Å². The van der Waals surface area contributed by atoms with E-state index >= 15 is 4.39 Å². The van der Waals surface area contributed by atoms with Gasteiger partial charge in [-0.25, -0.2) is 8.60 Å². The number of rotatable bonds is 5. The largest absolute Gasteiger partial charge is 0.490 e. The summed E-state index contributed by atoms with van der Waals surface area (Å²) in [5.41, 5.74) is 1.93. The fourth-order valence-electron chi connectivity index (χ4n) is 9.42. The standard InChI is InChI=1S/C40H49ClFN3O7S/c1-24-4-3-5-34(49-2)29-8-6-25(29)19-45-22-40(18-26-16-31(26)32-17-27(41)7-10-33(32)40)23-52-35-11-9-30(37(42)38(35)45)39(47)44-53(48,21-24)43-36(46)20-51-28-12-14-50-15-13-28/h3,5,7,9-11,17,24-26,28-29,31,34H,4,6,8,12-16,18-23H2,1-2H3,(H,43,44,46,47,48)/b5-3+/t24-,25-,26-,29+,31?,34-,40-,53?/m0/s1. The van der Waals surface area contributed by atoms with Crippen LogP contribution >= 0.6 is 11.6 Å². The molecule has 2 unspecified atom stereocenters. The fourth-order valence-corrected chi connectivity index (χ4v) is 11.5. The Kier molecular flexibility index (Phi) is 10.4. The lowest BCUT2D eigenvalue weighted by Crippen LogP contribution is -2.50. The van der Waals surface area contributed by atoms with E-state index in [1.807, 2.05) is 19.1 Å². The molecule has 6 aliphatic rings. The van der Waals surface area contributed by atoms with Gasteiger partial charge in [0, 0.05) is 43.9 Å². The molecule has 10 nitrogen and oxygen atoms in total. The third-order valence-corrected chi connectivity index (χ3v) is 14.6. The molecular weight excluding hydrogens is 721 g/mol. The molecule has 1 saturated heterocycles. The van der Waals surface area contributed by atoms with Gasteiger partial charge in [-0.1, -0.05) is 36.7 Å². The fraction of sp³-hybridized carbons (Fsp3) is 0.600. The van der Waals surface area contributed by atoms with E-state index in [0.29, 0.717) is 74.8 Å². The van der Waals surface area contributed by atoms with Crippen molar-refractivity contribution in [1.29, 1.82) is 0 Å². The molecule has 3 aliphatic heterocycles. The maximum absolute atomic E-state index is 17.2. The second-order valence-electron chi connectivity index (χ2n) is 16.1. The minimum atomic E-state index is -3.68. The summed E-state index contributed by atoms with van der Waals surface area (Å²) in [5.74, 6) is -0.957. The summed E-state index contributed by atoms with van der Waals surface area (Å²) in [4.78, 5) is 29.2. The highest BCUT2D eigenvalue weighted by Crippen LogP contribution is 2.61. The molecule has 1 spiro atoms. The van der Waals surface area contributed by atoms with E-state index < -0.39 is 33.0 Å². The Bertz CT molecular complexity index is 1910. The van der Waals surface area contributed by atoms with Crippen LogP contribution in [0.4, 0.5) is 10.1 Å².